The van der Waals surface area contributed by atoms with E-state index in [4.69, 9.17) is 15.2 Å². The molecule has 2 saturated carbocycles. The van der Waals surface area contributed by atoms with Crippen LogP contribution in [0.4, 0.5) is 11.5 Å². The predicted molar refractivity (Wildman–Crippen MR) is 161 cm³/mol. The van der Waals surface area contributed by atoms with E-state index in [9.17, 15) is 4.79 Å². The fourth-order valence-corrected chi connectivity index (χ4v) is 8.15. The summed E-state index contributed by atoms with van der Waals surface area (Å²) in [6.45, 7) is 2.84. The van der Waals surface area contributed by atoms with Crippen LogP contribution >= 0.6 is 0 Å². The molecule has 214 valence electrons. The van der Waals surface area contributed by atoms with E-state index in [1.165, 1.54) is 37.8 Å². The molecule has 3 N–H and O–H groups in total. The monoisotopic (exact) mass is 561 g/mol. The van der Waals surface area contributed by atoms with Crippen molar-refractivity contribution >= 4 is 17.4 Å². The minimum Gasteiger partial charge on any atom is -0.367 e. The highest BCUT2D eigenvalue weighted by molar-refractivity contribution is 5.94. The Balaban J connectivity index is 1.11. The van der Waals surface area contributed by atoms with Crippen molar-refractivity contribution in [2.75, 3.05) is 16.3 Å². The van der Waals surface area contributed by atoms with Gasteiger partial charge in [0.05, 0.1) is 6.04 Å². The molecule has 6 atom stereocenters. The summed E-state index contributed by atoms with van der Waals surface area (Å²) in [5.74, 6) is 2.38. The molecule has 4 aromatic rings. The molecule has 1 amide bonds. The Morgan fingerprint density at radius 2 is 1.83 bits per heavy atom. The molecule has 6 unspecified atom stereocenters. The number of piperidine rings is 1. The largest absolute Gasteiger partial charge is 0.367 e. The fraction of sp³-hybridized carbons (Fsp3) is 0.394. The van der Waals surface area contributed by atoms with Crippen LogP contribution in [-0.4, -0.2) is 57.8 Å². The highest BCUT2D eigenvalue weighted by Gasteiger charge is 2.58. The lowest BCUT2D eigenvalue weighted by Gasteiger charge is -2.56. The Labute approximate surface area is 245 Å². The van der Waals surface area contributed by atoms with Crippen molar-refractivity contribution in [2.45, 2.75) is 69.2 Å². The van der Waals surface area contributed by atoms with Crippen LogP contribution in [0.25, 0.3) is 22.5 Å². The number of hydrogen-bond acceptors (Lipinski definition) is 8. The number of benzene rings is 2. The van der Waals surface area contributed by atoms with Crippen molar-refractivity contribution in [1.82, 2.24) is 20.4 Å². The van der Waals surface area contributed by atoms with Crippen molar-refractivity contribution in [3.8, 4) is 22.5 Å². The van der Waals surface area contributed by atoms with Crippen LogP contribution in [0.5, 0.6) is 0 Å². The maximum Gasteiger partial charge on any atom is 0.248 e. The second-order valence-electron chi connectivity index (χ2n) is 12.3. The topological polar surface area (TPSA) is 113 Å². The van der Waals surface area contributed by atoms with Gasteiger partial charge in [0.25, 0.3) is 0 Å². The SMILES string of the molecule is Cc1nc(-c2ccc(N3CC4CC3C3NC5CCCCC5N(c5cc(-c6cccc(C(N)=O)c6)ccn5)C43)cc2)no1. The summed E-state index contributed by atoms with van der Waals surface area (Å²) in [5.41, 5.74) is 10.4. The number of piperazine rings is 1. The Morgan fingerprint density at radius 3 is 2.64 bits per heavy atom. The number of fused-ring (bicyclic) bond motifs is 6. The quantitative estimate of drug-likeness (QED) is 0.364. The van der Waals surface area contributed by atoms with E-state index < -0.39 is 5.91 Å². The van der Waals surface area contributed by atoms with Crippen molar-refractivity contribution in [1.29, 1.82) is 0 Å². The van der Waals surface area contributed by atoms with Gasteiger partial charge in [0.1, 0.15) is 5.82 Å². The van der Waals surface area contributed by atoms with Crippen LogP contribution in [-0.2, 0) is 0 Å². The molecule has 0 spiro atoms. The maximum atomic E-state index is 11.8. The van der Waals surface area contributed by atoms with E-state index in [-0.39, 0.29) is 0 Å². The number of carbonyl (C=O) groups is 1. The van der Waals surface area contributed by atoms with Gasteiger partial charge in [-0.05, 0) is 78.9 Å². The summed E-state index contributed by atoms with van der Waals surface area (Å²) < 4.78 is 5.18. The molecular formula is C33H35N7O2. The van der Waals surface area contributed by atoms with Crippen LogP contribution < -0.4 is 20.9 Å². The third-order valence-electron chi connectivity index (χ3n) is 9.93. The number of carbonyl (C=O) groups excluding carboxylic acids is 1. The summed E-state index contributed by atoms with van der Waals surface area (Å²) in [6, 6.07) is 22.5. The number of hydrogen-bond donors (Lipinski definition) is 2. The van der Waals surface area contributed by atoms with Gasteiger partial charge in [0.2, 0.25) is 17.6 Å². The lowest BCUT2D eigenvalue weighted by molar-refractivity contribution is 0.100. The summed E-state index contributed by atoms with van der Waals surface area (Å²) in [5, 5.41) is 8.24. The van der Waals surface area contributed by atoms with Gasteiger partial charge < -0.3 is 25.4 Å². The highest BCUT2D eigenvalue weighted by Crippen LogP contribution is 2.48. The molecule has 0 radical (unpaired) electrons. The number of amides is 1. The number of rotatable bonds is 5. The van der Waals surface area contributed by atoms with Gasteiger partial charge in [-0.1, -0.05) is 30.1 Å². The average Bonchev–Trinajstić information content (AvgIpc) is 3.75. The van der Waals surface area contributed by atoms with E-state index in [2.05, 4.69) is 55.6 Å². The molecule has 42 heavy (non-hydrogen) atoms. The first-order chi connectivity index (χ1) is 20.5. The standard InChI is InChI=1S/C33H35N7O2/c1-19-36-33(38-42-19)20-9-11-25(12-10-20)39-18-24-16-28(39)30-31(24)40(27-8-3-2-7-26(27)37-30)29-17-22(13-14-35-29)21-5-4-6-23(15-21)32(34)41/h4-6,9-15,17,24,26-28,30-31,37H,2-3,7-8,16,18H2,1H3,(H2,34,41). The highest BCUT2D eigenvalue weighted by atomic mass is 16.5. The third kappa shape index (κ3) is 4.17. The Hall–Kier alpha value is -4.24. The molecule has 8 rings (SSSR count). The Kier molecular flexibility index (Phi) is 6.03. The molecule has 4 fully saturated rings. The lowest BCUT2D eigenvalue weighted by Crippen LogP contribution is -2.73. The average molecular weight is 562 g/mol. The van der Waals surface area contributed by atoms with Crippen molar-refractivity contribution in [3.05, 3.63) is 78.3 Å². The third-order valence-corrected chi connectivity index (χ3v) is 9.93. The second-order valence-corrected chi connectivity index (χ2v) is 12.3. The normalized spacial score (nSPS) is 28.0. The zero-order valence-electron chi connectivity index (χ0n) is 23.7. The number of aryl methyl sites for hydroxylation is 1. The Bertz CT molecular complexity index is 1640. The summed E-state index contributed by atoms with van der Waals surface area (Å²) in [7, 11) is 0. The fourth-order valence-electron chi connectivity index (χ4n) is 8.15. The lowest BCUT2D eigenvalue weighted by atomic mass is 9.81. The molecule has 2 aromatic carbocycles. The number of nitrogens with two attached hydrogens (primary N) is 1. The first kappa shape index (κ1) is 25.5. The molecular weight excluding hydrogens is 526 g/mol. The molecule has 4 heterocycles. The van der Waals surface area contributed by atoms with Gasteiger partial charge in [-0.25, -0.2) is 4.98 Å². The summed E-state index contributed by atoms with van der Waals surface area (Å²) >= 11 is 0. The number of nitrogens with zero attached hydrogens (tertiary/aromatic N) is 5. The number of nitrogens with one attached hydrogen (secondary N) is 1. The van der Waals surface area contributed by atoms with Crippen molar-refractivity contribution in [3.63, 3.8) is 0 Å². The summed E-state index contributed by atoms with van der Waals surface area (Å²) in [6.07, 6.45) is 7.99. The van der Waals surface area contributed by atoms with Crippen LogP contribution in [0.15, 0.2) is 71.4 Å². The molecule has 9 nitrogen and oxygen atoms in total. The van der Waals surface area contributed by atoms with E-state index >= 15 is 0 Å². The minimum atomic E-state index is -0.410. The molecule has 9 heteroatoms. The van der Waals surface area contributed by atoms with E-state index in [1.807, 2.05) is 37.4 Å². The van der Waals surface area contributed by atoms with Gasteiger partial charge in [0, 0.05) is 66.6 Å². The van der Waals surface area contributed by atoms with Gasteiger partial charge in [0.15, 0.2) is 0 Å². The van der Waals surface area contributed by atoms with Gasteiger partial charge in [-0.3, -0.25) is 4.79 Å². The van der Waals surface area contributed by atoms with Gasteiger partial charge in [-0.2, -0.15) is 4.98 Å². The first-order valence-corrected chi connectivity index (χ1v) is 15.1. The molecule has 2 aliphatic carbocycles. The van der Waals surface area contributed by atoms with Crippen LogP contribution in [0.1, 0.15) is 48.4 Å². The Morgan fingerprint density at radius 1 is 1.00 bits per heavy atom. The van der Waals surface area contributed by atoms with E-state index in [0.29, 0.717) is 53.4 Å². The first-order valence-electron chi connectivity index (χ1n) is 15.1. The molecule has 2 aromatic heterocycles. The predicted octanol–water partition coefficient (Wildman–Crippen LogP) is 4.57. The molecule has 2 aliphatic heterocycles. The van der Waals surface area contributed by atoms with E-state index in [1.54, 1.807) is 6.07 Å². The maximum absolute atomic E-state index is 11.8. The van der Waals surface area contributed by atoms with Gasteiger partial charge in [-0.15, -0.1) is 0 Å². The number of pyridine rings is 1. The second kappa shape index (κ2) is 9.94. The minimum absolute atomic E-state index is 0.367. The smallest absolute Gasteiger partial charge is 0.248 e. The van der Waals surface area contributed by atoms with Crippen molar-refractivity contribution < 1.29 is 9.32 Å². The van der Waals surface area contributed by atoms with Crippen LogP contribution in [0.3, 0.4) is 0 Å². The number of anilines is 2. The number of aromatic nitrogens is 3. The van der Waals surface area contributed by atoms with Gasteiger partial charge >= 0.3 is 0 Å². The van der Waals surface area contributed by atoms with Crippen LogP contribution in [0.2, 0.25) is 0 Å². The molecule has 2 saturated heterocycles. The van der Waals surface area contributed by atoms with Crippen LogP contribution in [0, 0.1) is 12.8 Å². The van der Waals surface area contributed by atoms with E-state index in [0.717, 1.165) is 29.1 Å². The zero-order valence-corrected chi connectivity index (χ0v) is 23.7. The zero-order chi connectivity index (χ0) is 28.4. The number of primary amides is 1. The molecule has 4 aliphatic rings. The summed E-state index contributed by atoms with van der Waals surface area (Å²) in [4.78, 5) is 26.5. The molecule has 2 bridgehead atoms. The van der Waals surface area contributed by atoms with Crippen molar-refractivity contribution in [2.24, 2.45) is 11.7 Å².